The van der Waals surface area contributed by atoms with E-state index in [0.29, 0.717) is 17.5 Å². The van der Waals surface area contributed by atoms with Gasteiger partial charge in [0.15, 0.2) is 0 Å². The molecule has 4 heteroatoms. The van der Waals surface area contributed by atoms with Crippen LogP contribution in [-0.2, 0) is 20.4 Å². The minimum Gasteiger partial charge on any atom is -1.00 e. The van der Waals surface area contributed by atoms with Crippen molar-refractivity contribution in [3.63, 3.8) is 0 Å². The van der Waals surface area contributed by atoms with Crippen molar-refractivity contribution in [3.8, 4) is 0 Å². The predicted molar refractivity (Wildman–Crippen MR) is 90.7 cm³/mol. The summed E-state index contributed by atoms with van der Waals surface area (Å²) >= 11 is 0. The Labute approximate surface area is 147 Å². The Hall–Kier alpha value is -0.740. The highest BCUT2D eigenvalue weighted by Gasteiger charge is 2.30. The molecule has 22 heavy (non-hydrogen) atoms. The average Bonchev–Trinajstić information content (AvgIpc) is 2.49. The lowest BCUT2D eigenvalue weighted by Crippen LogP contribution is -3.00. The molecule has 1 aliphatic rings. The van der Waals surface area contributed by atoms with E-state index < -0.39 is 0 Å². The number of hydrogen-bond donors (Lipinski definition) is 0. The van der Waals surface area contributed by atoms with E-state index in [-0.39, 0.29) is 34.8 Å². The maximum atomic E-state index is 12.6. The molecule has 0 bridgehead atoms. The smallest absolute Gasteiger partial charge is 0.314 e. The molecule has 2 atom stereocenters. The topological polar surface area (TPSA) is 26.3 Å². The molecule has 0 heterocycles. The van der Waals surface area contributed by atoms with Crippen LogP contribution in [0, 0.1) is 5.92 Å². The van der Waals surface area contributed by atoms with Crippen LogP contribution in [0.25, 0.3) is 0 Å². The molecule has 0 aromatic heterocycles. The van der Waals surface area contributed by atoms with E-state index in [4.69, 9.17) is 4.74 Å². The second kappa shape index (κ2) is 10.1. The number of allylic oxidation sites excluding steroid dienone is 2. The number of halogens is 1. The van der Waals surface area contributed by atoms with Gasteiger partial charge in [-0.1, -0.05) is 42.5 Å². The molecular formula is C18H25BrO2S. The molecule has 1 aromatic rings. The average molecular weight is 385 g/mol. The first kappa shape index (κ1) is 19.3. The van der Waals surface area contributed by atoms with Gasteiger partial charge in [0.25, 0.3) is 0 Å². The van der Waals surface area contributed by atoms with Crippen molar-refractivity contribution in [3.05, 3.63) is 48.0 Å². The predicted octanol–water partition coefficient (Wildman–Crippen LogP) is 0.552. The molecule has 1 aliphatic carbocycles. The van der Waals surface area contributed by atoms with E-state index in [1.165, 1.54) is 0 Å². The molecule has 1 aromatic carbocycles. The Morgan fingerprint density at radius 1 is 1.32 bits per heavy atom. The Morgan fingerprint density at radius 2 is 2.05 bits per heavy atom. The summed E-state index contributed by atoms with van der Waals surface area (Å²) in [7, 11) is 0.314. The van der Waals surface area contributed by atoms with Crippen molar-refractivity contribution in [2.75, 3.05) is 24.9 Å². The normalized spacial score (nSPS) is 18.6. The number of carbonyl (C=O) groups excluding carboxylic acids is 1. The second-order valence-corrected chi connectivity index (χ2v) is 8.15. The Balaban J connectivity index is 0.00000242. The fourth-order valence-electron chi connectivity index (χ4n) is 2.73. The third-order valence-corrected chi connectivity index (χ3v) is 4.85. The molecule has 0 saturated heterocycles. The van der Waals surface area contributed by atoms with Gasteiger partial charge in [0, 0.05) is 0 Å². The van der Waals surface area contributed by atoms with Crippen LogP contribution in [0.4, 0.5) is 0 Å². The van der Waals surface area contributed by atoms with Crippen molar-refractivity contribution in [2.24, 2.45) is 5.92 Å². The molecule has 0 saturated carbocycles. The van der Waals surface area contributed by atoms with Gasteiger partial charge in [0.05, 0.1) is 18.4 Å². The molecule has 0 fully saturated rings. The van der Waals surface area contributed by atoms with Gasteiger partial charge in [-0.25, -0.2) is 0 Å². The van der Waals surface area contributed by atoms with Gasteiger partial charge < -0.3 is 21.7 Å². The first-order valence-electron chi connectivity index (χ1n) is 7.61. The molecule has 122 valence electrons. The van der Waals surface area contributed by atoms with Gasteiger partial charge in [-0.3, -0.25) is 4.79 Å². The minimum atomic E-state index is -0.154. The molecule has 0 radical (unpaired) electrons. The highest BCUT2D eigenvalue weighted by Crippen LogP contribution is 2.33. The summed E-state index contributed by atoms with van der Waals surface area (Å²) in [6.45, 7) is 0.536. The number of hydrogen-bond acceptors (Lipinski definition) is 2. The van der Waals surface area contributed by atoms with Crippen molar-refractivity contribution in [1.29, 1.82) is 0 Å². The highest BCUT2D eigenvalue weighted by atomic mass is 79.9. The lowest BCUT2D eigenvalue weighted by atomic mass is 9.80. The number of benzene rings is 1. The zero-order valence-electron chi connectivity index (χ0n) is 13.3. The quantitative estimate of drug-likeness (QED) is 0.406. The first-order chi connectivity index (χ1) is 10.2. The summed E-state index contributed by atoms with van der Waals surface area (Å²) < 4.78 is 5.56. The zero-order chi connectivity index (χ0) is 15.1. The Bertz CT molecular complexity index is 473. The van der Waals surface area contributed by atoms with Crippen molar-refractivity contribution >= 4 is 16.9 Å². The lowest BCUT2D eigenvalue weighted by molar-refractivity contribution is -0.146. The van der Waals surface area contributed by atoms with E-state index in [0.717, 1.165) is 30.6 Å². The van der Waals surface area contributed by atoms with Gasteiger partial charge in [-0.2, -0.15) is 0 Å². The van der Waals surface area contributed by atoms with Gasteiger partial charge in [0.1, 0.15) is 12.4 Å². The van der Waals surface area contributed by atoms with E-state index in [1.54, 1.807) is 0 Å². The third kappa shape index (κ3) is 5.81. The largest absolute Gasteiger partial charge is 1.00 e. The van der Waals surface area contributed by atoms with Gasteiger partial charge in [-0.05, 0) is 41.6 Å². The summed E-state index contributed by atoms with van der Waals surface area (Å²) in [4.78, 5) is 12.6. The fraction of sp³-hybridized carbons (Fsp3) is 0.500. The van der Waals surface area contributed by atoms with Crippen LogP contribution in [0.15, 0.2) is 42.5 Å². The maximum absolute atomic E-state index is 12.6. The molecular weight excluding hydrogens is 360 g/mol. The number of ether oxygens (including phenoxy) is 1. The Kier molecular flexibility index (Phi) is 8.88. The molecule has 0 spiro atoms. The number of carbonyl (C=O) groups is 1. The van der Waals surface area contributed by atoms with Crippen LogP contribution in [-0.4, -0.2) is 30.8 Å². The zero-order valence-corrected chi connectivity index (χ0v) is 15.7. The van der Waals surface area contributed by atoms with Gasteiger partial charge >= 0.3 is 5.97 Å². The molecule has 2 nitrogen and oxygen atoms in total. The van der Waals surface area contributed by atoms with Crippen molar-refractivity contribution in [2.45, 2.75) is 25.2 Å². The monoisotopic (exact) mass is 384 g/mol. The van der Waals surface area contributed by atoms with Crippen LogP contribution in [0.2, 0.25) is 0 Å². The summed E-state index contributed by atoms with van der Waals surface area (Å²) in [5.74, 6) is 1.00. The SMILES string of the molecule is C[S+](C)CCOC(=O)C(c1ccccc1)C1C=CCCC1.[Br-]. The number of rotatable bonds is 6. The van der Waals surface area contributed by atoms with Crippen molar-refractivity contribution in [1.82, 2.24) is 0 Å². The maximum Gasteiger partial charge on any atom is 0.314 e. The fourth-order valence-corrected chi connectivity index (χ4v) is 3.15. The van der Waals surface area contributed by atoms with E-state index >= 15 is 0 Å². The van der Waals surface area contributed by atoms with Crippen molar-refractivity contribution < 1.29 is 26.5 Å². The Morgan fingerprint density at radius 3 is 2.64 bits per heavy atom. The molecule has 0 N–H and O–H groups in total. The van der Waals surface area contributed by atoms with Crippen LogP contribution in [0.1, 0.15) is 30.7 Å². The van der Waals surface area contributed by atoms with Crippen LogP contribution < -0.4 is 17.0 Å². The van der Waals surface area contributed by atoms with E-state index in [1.807, 2.05) is 30.3 Å². The molecule has 0 amide bonds. The second-order valence-electron chi connectivity index (χ2n) is 5.77. The molecule has 2 unspecified atom stereocenters. The summed E-state index contributed by atoms with van der Waals surface area (Å²) in [6, 6.07) is 10.1. The summed E-state index contributed by atoms with van der Waals surface area (Å²) in [6.07, 6.45) is 12.1. The molecule has 0 aliphatic heterocycles. The lowest BCUT2D eigenvalue weighted by Gasteiger charge is -2.25. The van der Waals surface area contributed by atoms with Crippen LogP contribution in [0.3, 0.4) is 0 Å². The van der Waals surface area contributed by atoms with Crippen LogP contribution >= 0.6 is 0 Å². The van der Waals surface area contributed by atoms with Gasteiger partial charge in [-0.15, -0.1) is 0 Å². The van der Waals surface area contributed by atoms with Crippen LogP contribution in [0.5, 0.6) is 0 Å². The third-order valence-electron chi connectivity index (χ3n) is 3.87. The minimum absolute atomic E-state index is 0. The highest BCUT2D eigenvalue weighted by molar-refractivity contribution is 7.95. The van der Waals surface area contributed by atoms with E-state index in [2.05, 4.69) is 24.7 Å². The molecule has 2 rings (SSSR count). The summed E-state index contributed by atoms with van der Waals surface area (Å²) in [5.41, 5.74) is 1.08. The number of esters is 1. The summed E-state index contributed by atoms with van der Waals surface area (Å²) in [5, 5.41) is 0. The standard InChI is InChI=1S/C18H25O2S.BrH/c1-21(2)14-13-20-18(19)17(15-9-5-3-6-10-15)16-11-7-4-8-12-16;/h3,5-7,9-11,16-17H,4,8,12-14H2,1-2H3;1H/q+1;/p-1. The first-order valence-corrected chi connectivity index (χ1v) is 9.82. The van der Waals surface area contributed by atoms with E-state index in [9.17, 15) is 4.79 Å². The van der Waals surface area contributed by atoms with Gasteiger partial charge in [0.2, 0.25) is 0 Å².